The third-order valence-corrected chi connectivity index (χ3v) is 7.93. The molecule has 9 nitrogen and oxygen atoms in total. The van der Waals surface area contributed by atoms with Crippen LogP contribution < -0.4 is 10.0 Å². The summed E-state index contributed by atoms with van der Waals surface area (Å²) in [6, 6.07) is 12.0. The minimum atomic E-state index is -4.21. The van der Waals surface area contributed by atoms with Crippen LogP contribution in [0.1, 0.15) is 15.9 Å². The Balaban J connectivity index is 1.65. The number of benzene rings is 3. The van der Waals surface area contributed by atoms with Crippen molar-refractivity contribution in [2.75, 3.05) is 11.8 Å². The third kappa shape index (κ3) is 6.17. The van der Waals surface area contributed by atoms with E-state index in [4.69, 9.17) is 4.74 Å². The molecule has 13 heteroatoms. The summed E-state index contributed by atoms with van der Waals surface area (Å²) in [4.78, 5) is 33.9. The second-order valence-electron chi connectivity index (χ2n) is 7.98. The Morgan fingerprint density at radius 3 is 2.55 bits per heavy atom. The molecular formula is C25H19Br2FN4O5S. The molecule has 0 bridgehead atoms. The summed E-state index contributed by atoms with van der Waals surface area (Å²) < 4.78 is 48.3. The van der Waals surface area contributed by atoms with E-state index in [1.165, 1.54) is 62.0 Å². The van der Waals surface area contributed by atoms with Crippen molar-refractivity contribution in [2.45, 2.75) is 17.4 Å². The fourth-order valence-corrected chi connectivity index (χ4v) is 5.68. The van der Waals surface area contributed by atoms with Crippen molar-refractivity contribution in [3.05, 3.63) is 92.9 Å². The molecule has 0 aliphatic carbocycles. The molecule has 3 aromatic carbocycles. The molecule has 4 aromatic rings. The zero-order valence-corrected chi connectivity index (χ0v) is 23.6. The minimum Gasteiger partial charge on any atom is -0.467 e. The Labute approximate surface area is 234 Å². The zero-order chi connectivity index (χ0) is 27.4. The first kappa shape index (κ1) is 27.6. The first-order chi connectivity index (χ1) is 18.1. The van der Waals surface area contributed by atoms with Crippen molar-refractivity contribution in [1.29, 1.82) is 0 Å². The first-order valence-corrected chi connectivity index (χ1v) is 14.0. The molecular weight excluding hydrogens is 647 g/mol. The predicted molar refractivity (Wildman–Crippen MR) is 146 cm³/mol. The highest BCUT2D eigenvalue weighted by atomic mass is 79.9. The summed E-state index contributed by atoms with van der Waals surface area (Å²) in [5, 5.41) is 2.59. The zero-order valence-electron chi connectivity index (χ0n) is 19.6. The molecule has 196 valence electrons. The highest BCUT2D eigenvalue weighted by Crippen LogP contribution is 2.27. The van der Waals surface area contributed by atoms with Crippen LogP contribution in [0.25, 0.3) is 11.0 Å². The number of anilines is 1. The van der Waals surface area contributed by atoms with Crippen molar-refractivity contribution in [2.24, 2.45) is 0 Å². The van der Waals surface area contributed by atoms with E-state index in [0.717, 1.165) is 0 Å². The fraction of sp³-hybridized carbons (Fsp3) is 0.120. The van der Waals surface area contributed by atoms with Crippen LogP contribution in [-0.2, 0) is 26.0 Å². The van der Waals surface area contributed by atoms with Gasteiger partial charge >= 0.3 is 5.97 Å². The van der Waals surface area contributed by atoms with Gasteiger partial charge in [-0.3, -0.25) is 19.5 Å². The van der Waals surface area contributed by atoms with Gasteiger partial charge in [0.15, 0.2) is 0 Å². The number of rotatable bonds is 8. The molecule has 0 radical (unpaired) electrons. The largest absolute Gasteiger partial charge is 0.467 e. The van der Waals surface area contributed by atoms with Gasteiger partial charge in [0.25, 0.3) is 15.9 Å². The van der Waals surface area contributed by atoms with Crippen LogP contribution in [-0.4, -0.2) is 43.4 Å². The number of sulfonamides is 1. The number of carbonyl (C=O) groups excluding carboxylic acids is 2. The number of hydrogen-bond donors (Lipinski definition) is 2. The van der Waals surface area contributed by atoms with Crippen LogP contribution in [0.4, 0.5) is 10.1 Å². The fourth-order valence-electron chi connectivity index (χ4n) is 3.66. The summed E-state index contributed by atoms with van der Waals surface area (Å²) in [5.74, 6) is -1.94. The van der Waals surface area contributed by atoms with Gasteiger partial charge in [-0.1, -0.05) is 28.1 Å². The van der Waals surface area contributed by atoms with E-state index in [9.17, 15) is 22.4 Å². The topological polar surface area (TPSA) is 127 Å². The number of nitrogens with zero attached hydrogens (tertiary/aromatic N) is 2. The molecule has 1 aromatic heterocycles. The average Bonchev–Trinajstić information content (AvgIpc) is 2.89. The molecule has 0 spiro atoms. The molecule has 0 aliphatic rings. The quantitative estimate of drug-likeness (QED) is 0.263. The number of halogens is 3. The van der Waals surface area contributed by atoms with Crippen molar-refractivity contribution in [3.8, 4) is 0 Å². The maximum atomic E-state index is 13.6. The summed E-state index contributed by atoms with van der Waals surface area (Å²) in [6.07, 6.45) is 2.83. The average molecular weight is 666 g/mol. The lowest BCUT2D eigenvalue weighted by atomic mass is 10.0. The van der Waals surface area contributed by atoms with E-state index in [1.54, 1.807) is 12.1 Å². The lowest BCUT2D eigenvalue weighted by Crippen LogP contribution is -2.43. The SMILES string of the molecule is COC(=O)C(Cc1ccc(F)c(Br)c1)NC(=O)c1ccc(Br)cc1NS(=O)(=O)c1cccc2nccnc12. The molecule has 1 heterocycles. The third-order valence-electron chi connectivity index (χ3n) is 5.44. The number of nitrogens with one attached hydrogen (secondary N) is 2. The van der Waals surface area contributed by atoms with Crippen LogP contribution >= 0.6 is 31.9 Å². The summed E-state index contributed by atoms with van der Waals surface area (Å²) in [6.45, 7) is 0. The highest BCUT2D eigenvalue weighted by molar-refractivity contribution is 9.10. The number of aromatic nitrogens is 2. The lowest BCUT2D eigenvalue weighted by Gasteiger charge is -2.19. The van der Waals surface area contributed by atoms with Gasteiger partial charge < -0.3 is 10.1 Å². The van der Waals surface area contributed by atoms with E-state index < -0.39 is 33.8 Å². The van der Waals surface area contributed by atoms with Gasteiger partial charge in [0.1, 0.15) is 22.3 Å². The number of ether oxygens (including phenoxy) is 1. The number of para-hydroxylation sites is 1. The highest BCUT2D eigenvalue weighted by Gasteiger charge is 2.26. The van der Waals surface area contributed by atoms with Crippen LogP contribution in [0.3, 0.4) is 0 Å². The van der Waals surface area contributed by atoms with E-state index >= 15 is 0 Å². The van der Waals surface area contributed by atoms with Crippen molar-refractivity contribution in [1.82, 2.24) is 15.3 Å². The number of hydrogen-bond acceptors (Lipinski definition) is 7. The van der Waals surface area contributed by atoms with E-state index in [0.29, 0.717) is 15.6 Å². The van der Waals surface area contributed by atoms with Crippen molar-refractivity contribution < 1.29 is 27.1 Å². The molecule has 0 fully saturated rings. The van der Waals surface area contributed by atoms with Gasteiger partial charge in [0, 0.05) is 23.3 Å². The molecule has 1 atom stereocenters. The molecule has 4 rings (SSSR count). The van der Waals surface area contributed by atoms with Crippen LogP contribution in [0, 0.1) is 5.82 Å². The Hall–Kier alpha value is -3.42. The Kier molecular flexibility index (Phi) is 8.38. The number of methoxy groups -OCH3 is 1. The smallest absolute Gasteiger partial charge is 0.328 e. The predicted octanol–water partition coefficient (Wildman–Crippen LogP) is 4.61. The second-order valence-corrected chi connectivity index (χ2v) is 11.4. The van der Waals surface area contributed by atoms with E-state index in [1.807, 2.05) is 0 Å². The normalized spacial score (nSPS) is 12.1. The molecule has 2 N–H and O–H groups in total. The standard InChI is InChI=1S/C25H19Br2FN4O5S/c1-37-25(34)21(12-14-5-8-18(28)17(27)11-14)31-24(33)16-7-6-15(26)13-20(16)32-38(35,36)22-4-2-3-19-23(22)30-10-9-29-19/h2-11,13,21,32H,12H2,1H3,(H,31,33). The van der Waals surface area contributed by atoms with E-state index in [-0.39, 0.29) is 32.6 Å². The number of fused-ring (bicyclic) bond motifs is 1. The van der Waals surface area contributed by atoms with Gasteiger partial charge in [0.2, 0.25) is 0 Å². The Morgan fingerprint density at radius 1 is 1.05 bits per heavy atom. The molecule has 1 unspecified atom stereocenters. The lowest BCUT2D eigenvalue weighted by molar-refractivity contribution is -0.142. The molecule has 38 heavy (non-hydrogen) atoms. The minimum absolute atomic E-state index is 0.00353. The van der Waals surface area contributed by atoms with Crippen molar-refractivity contribution >= 4 is 70.5 Å². The summed E-state index contributed by atoms with van der Waals surface area (Å²) >= 11 is 6.39. The van der Waals surface area contributed by atoms with Gasteiger partial charge in [-0.25, -0.2) is 17.6 Å². The van der Waals surface area contributed by atoms with Gasteiger partial charge in [-0.2, -0.15) is 0 Å². The van der Waals surface area contributed by atoms with Crippen LogP contribution in [0.5, 0.6) is 0 Å². The summed E-state index contributed by atoms with van der Waals surface area (Å²) in [7, 11) is -3.03. The van der Waals surface area contributed by atoms with Gasteiger partial charge in [0.05, 0.1) is 28.4 Å². The maximum absolute atomic E-state index is 13.6. The number of carbonyl (C=O) groups is 2. The molecule has 0 saturated carbocycles. The van der Waals surface area contributed by atoms with Gasteiger partial charge in [-0.05, 0) is 64.0 Å². The molecule has 1 amide bonds. The first-order valence-electron chi connectivity index (χ1n) is 10.9. The second kappa shape index (κ2) is 11.5. The Bertz CT molecular complexity index is 1650. The summed E-state index contributed by atoms with van der Waals surface area (Å²) in [5.41, 5.74) is 1.03. The van der Waals surface area contributed by atoms with Gasteiger partial charge in [-0.15, -0.1) is 0 Å². The maximum Gasteiger partial charge on any atom is 0.328 e. The molecule has 0 saturated heterocycles. The van der Waals surface area contributed by atoms with Crippen LogP contribution in [0.15, 0.2) is 80.8 Å². The number of esters is 1. The van der Waals surface area contributed by atoms with Crippen LogP contribution in [0.2, 0.25) is 0 Å². The monoisotopic (exact) mass is 664 g/mol. The number of amides is 1. The molecule has 0 aliphatic heterocycles. The van der Waals surface area contributed by atoms with E-state index in [2.05, 4.69) is 51.9 Å². The van der Waals surface area contributed by atoms with Crippen molar-refractivity contribution in [3.63, 3.8) is 0 Å². The Morgan fingerprint density at radius 2 is 1.82 bits per heavy atom.